The van der Waals surface area contributed by atoms with E-state index in [1.54, 1.807) is 42.3 Å². The smallest absolute Gasteiger partial charge is 0.304 e. The van der Waals surface area contributed by atoms with Crippen LogP contribution < -0.4 is 5.69 Å². The van der Waals surface area contributed by atoms with E-state index in [1.807, 2.05) is 0 Å². The second-order valence-corrected chi connectivity index (χ2v) is 4.84. The molecule has 4 rings (SSSR count). The van der Waals surface area contributed by atoms with Crippen molar-refractivity contribution in [2.45, 2.75) is 0 Å². The number of fused-ring (bicyclic) bond motifs is 3. The van der Waals surface area contributed by atoms with Crippen LogP contribution in [-0.2, 0) is 7.05 Å². The van der Waals surface area contributed by atoms with E-state index in [-0.39, 0.29) is 0 Å². The van der Waals surface area contributed by atoms with Gasteiger partial charge in [-0.1, -0.05) is 6.07 Å². The first kappa shape index (κ1) is 12.3. The monoisotopic (exact) mass is 291 g/mol. The van der Waals surface area contributed by atoms with Gasteiger partial charge in [0, 0.05) is 18.6 Å². The maximum absolute atomic E-state index is 12.2. The van der Waals surface area contributed by atoms with E-state index in [1.165, 1.54) is 4.52 Å². The van der Waals surface area contributed by atoms with E-state index < -0.39 is 5.69 Å². The topological polar surface area (TPSA) is 105 Å². The minimum absolute atomic E-state index is 0.392. The fraction of sp³-hybridized carbons (Fsp3) is 0.0714. The average Bonchev–Trinajstić information content (AvgIpc) is 3.13. The van der Waals surface area contributed by atoms with Crippen LogP contribution in [0, 0.1) is 11.3 Å². The van der Waals surface area contributed by atoms with Gasteiger partial charge in [0.05, 0.1) is 22.8 Å². The standard InChI is InChI=1S/C14H9N7O/c1-20-7-9(6-16-20)12-18-13-10-4-2-3-8(5-15)11(10)17-14(22)21(13)19-12/h2-4,6-7H,1H3,(H,17,22). The van der Waals surface area contributed by atoms with Gasteiger partial charge in [-0.25, -0.2) is 9.78 Å². The third-order valence-electron chi connectivity index (χ3n) is 3.42. The van der Waals surface area contributed by atoms with Crippen molar-refractivity contribution in [3.05, 3.63) is 46.6 Å². The highest BCUT2D eigenvalue weighted by atomic mass is 16.1. The first-order chi connectivity index (χ1) is 10.7. The Morgan fingerprint density at radius 3 is 2.95 bits per heavy atom. The lowest BCUT2D eigenvalue weighted by atomic mass is 10.1. The number of aromatic amines is 1. The third kappa shape index (κ3) is 1.63. The summed E-state index contributed by atoms with van der Waals surface area (Å²) in [7, 11) is 1.79. The molecule has 0 aliphatic carbocycles. The van der Waals surface area contributed by atoms with Crippen LogP contribution in [0.1, 0.15) is 5.56 Å². The summed E-state index contributed by atoms with van der Waals surface area (Å²) in [4.78, 5) is 19.3. The van der Waals surface area contributed by atoms with Gasteiger partial charge in [0.25, 0.3) is 0 Å². The van der Waals surface area contributed by atoms with E-state index >= 15 is 0 Å². The lowest BCUT2D eigenvalue weighted by molar-refractivity contribution is 0.768. The Bertz CT molecular complexity index is 1130. The Morgan fingerprint density at radius 2 is 2.23 bits per heavy atom. The maximum Gasteiger partial charge on any atom is 0.348 e. The molecule has 1 N–H and O–H groups in total. The number of para-hydroxylation sites is 1. The summed E-state index contributed by atoms with van der Waals surface area (Å²) in [6.07, 6.45) is 3.40. The van der Waals surface area contributed by atoms with Crippen molar-refractivity contribution in [1.82, 2.24) is 29.4 Å². The van der Waals surface area contributed by atoms with Gasteiger partial charge in [0.1, 0.15) is 6.07 Å². The van der Waals surface area contributed by atoms with Gasteiger partial charge in [0.15, 0.2) is 11.5 Å². The van der Waals surface area contributed by atoms with E-state index in [4.69, 9.17) is 5.26 Å². The molecule has 8 heteroatoms. The molecule has 0 aliphatic rings. The first-order valence-electron chi connectivity index (χ1n) is 6.48. The van der Waals surface area contributed by atoms with Gasteiger partial charge >= 0.3 is 5.69 Å². The molecule has 3 aromatic heterocycles. The van der Waals surface area contributed by atoms with Crippen LogP contribution in [0.3, 0.4) is 0 Å². The molecule has 0 radical (unpaired) electrons. The summed E-state index contributed by atoms with van der Waals surface area (Å²) < 4.78 is 2.84. The summed E-state index contributed by atoms with van der Waals surface area (Å²) in [6.45, 7) is 0. The molecule has 0 spiro atoms. The summed E-state index contributed by atoms with van der Waals surface area (Å²) in [5.74, 6) is 0.411. The zero-order valence-corrected chi connectivity index (χ0v) is 11.5. The van der Waals surface area contributed by atoms with E-state index in [9.17, 15) is 4.79 Å². The van der Waals surface area contributed by atoms with Gasteiger partial charge in [-0.05, 0) is 12.1 Å². The molecular formula is C14H9N7O. The van der Waals surface area contributed by atoms with Crippen LogP contribution in [0.25, 0.3) is 27.9 Å². The highest BCUT2D eigenvalue weighted by Gasteiger charge is 2.14. The summed E-state index contributed by atoms with van der Waals surface area (Å²) in [5.41, 5.74) is 1.55. The number of nitrogens with one attached hydrogen (secondary N) is 1. The van der Waals surface area contributed by atoms with Gasteiger partial charge < -0.3 is 4.98 Å². The molecule has 106 valence electrons. The molecule has 0 saturated carbocycles. The van der Waals surface area contributed by atoms with E-state index in [0.29, 0.717) is 27.9 Å². The molecule has 0 aliphatic heterocycles. The molecule has 22 heavy (non-hydrogen) atoms. The predicted molar refractivity (Wildman–Crippen MR) is 78.0 cm³/mol. The second kappa shape index (κ2) is 4.26. The minimum Gasteiger partial charge on any atom is -0.304 e. The predicted octanol–water partition coefficient (Wildman–Crippen LogP) is 0.843. The van der Waals surface area contributed by atoms with Gasteiger partial charge in [-0.3, -0.25) is 4.68 Å². The maximum atomic E-state index is 12.2. The highest BCUT2D eigenvalue weighted by Crippen LogP contribution is 2.21. The Kier molecular flexibility index (Phi) is 2.38. The Labute approximate surface area is 123 Å². The quantitative estimate of drug-likeness (QED) is 0.559. The molecule has 0 atom stereocenters. The van der Waals surface area contributed by atoms with E-state index in [2.05, 4.69) is 26.2 Å². The summed E-state index contributed by atoms with van der Waals surface area (Å²) in [6, 6.07) is 7.25. The van der Waals surface area contributed by atoms with Crippen LogP contribution in [0.5, 0.6) is 0 Å². The van der Waals surface area contributed by atoms with Crippen molar-refractivity contribution >= 4 is 16.6 Å². The normalized spacial score (nSPS) is 11.1. The molecule has 0 fully saturated rings. The molecule has 1 aromatic carbocycles. The van der Waals surface area contributed by atoms with Crippen LogP contribution in [-0.4, -0.2) is 29.4 Å². The molecule has 8 nitrogen and oxygen atoms in total. The molecule has 4 aromatic rings. The zero-order valence-electron chi connectivity index (χ0n) is 11.5. The molecule has 0 saturated heterocycles. The second-order valence-electron chi connectivity index (χ2n) is 4.84. The molecule has 0 amide bonds. The zero-order chi connectivity index (χ0) is 15.3. The summed E-state index contributed by atoms with van der Waals surface area (Å²) >= 11 is 0. The average molecular weight is 291 g/mol. The fourth-order valence-corrected chi connectivity index (χ4v) is 2.41. The summed E-state index contributed by atoms with van der Waals surface area (Å²) in [5, 5.41) is 18.1. The Morgan fingerprint density at radius 1 is 1.36 bits per heavy atom. The number of hydrogen-bond donors (Lipinski definition) is 1. The number of nitriles is 1. The van der Waals surface area contributed by atoms with Crippen LogP contribution in [0.4, 0.5) is 0 Å². The molecule has 0 bridgehead atoms. The number of benzene rings is 1. The van der Waals surface area contributed by atoms with Gasteiger partial charge in [-0.15, -0.1) is 5.10 Å². The van der Waals surface area contributed by atoms with Gasteiger partial charge in [0.2, 0.25) is 0 Å². The van der Waals surface area contributed by atoms with Crippen LogP contribution >= 0.6 is 0 Å². The fourth-order valence-electron chi connectivity index (χ4n) is 2.41. The van der Waals surface area contributed by atoms with Crippen molar-refractivity contribution in [3.8, 4) is 17.5 Å². The van der Waals surface area contributed by atoms with Crippen molar-refractivity contribution < 1.29 is 0 Å². The number of H-pyrrole nitrogens is 1. The van der Waals surface area contributed by atoms with Gasteiger partial charge in [-0.2, -0.15) is 14.9 Å². The lowest BCUT2D eigenvalue weighted by Crippen LogP contribution is -2.17. The van der Waals surface area contributed by atoms with E-state index in [0.717, 1.165) is 5.56 Å². The van der Waals surface area contributed by atoms with Crippen molar-refractivity contribution in [3.63, 3.8) is 0 Å². The minimum atomic E-state index is -0.437. The van der Waals surface area contributed by atoms with Crippen LogP contribution in [0.2, 0.25) is 0 Å². The van der Waals surface area contributed by atoms with Crippen molar-refractivity contribution in [2.24, 2.45) is 7.05 Å². The Balaban J connectivity index is 2.12. The van der Waals surface area contributed by atoms with Crippen molar-refractivity contribution in [2.75, 3.05) is 0 Å². The number of aromatic nitrogens is 6. The number of aryl methyl sites for hydroxylation is 1. The SMILES string of the molecule is Cn1cc(-c2nc3c4cccc(C#N)c4[nH]c(=O)n3n2)cn1. The molecule has 3 heterocycles. The molecule has 0 unspecified atom stereocenters. The van der Waals surface area contributed by atoms with Crippen LogP contribution in [0.15, 0.2) is 35.4 Å². The number of nitrogens with zero attached hydrogens (tertiary/aromatic N) is 6. The third-order valence-corrected chi connectivity index (χ3v) is 3.42. The molecular weight excluding hydrogens is 282 g/mol. The first-order valence-corrected chi connectivity index (χ1v) is 6.48. The Hall–Kier alpha value is -3.47. The number of hydrogen-bond acceptors (Lipinski definition) is 5. The van der Waals surface area contributed by atoms with Crippen molar-refractivity contribution in [1.29, 1.82) is 5.26 Å². The lowest BCUT2D eigenvalue weighted by Gasteiger charge is -2.00. The highest BCUT2D eigenvalue weighted by molar-refractivity contribution is 5.94. The largest absolute Gasteiger partial charge is 0.348 e. The number of rotatable bonds is 1.